The number of carbonyl (C=O) groups is 2. The average molecular weight is 699 g/mol. The summed E-state index contributed by atoms with van der Waals surface area (Å²) in [6, 6.07) is 14.7. The number of ether oxygens (including phenoxy) is 1. The number of aliphatic hydroxyl groups excluding tert-OH is 1. The highest BCUT2D eigenvalue weighted by Gasteiger charge is 2.49. The van der Waals surface area contributed by atoms with Crippen LogP contribution in [0.4, 0.5) is 5.13 Å². The van der Waals surface area contributed by atoms with Crippen LogP contribution in [0, 0.1) is 6.92 Å². The fourth-order valence-corrected chi connectivity index (χ4v) is 7.27. The summed E-state index contributed by atoms with van der Waals surface area (Å²) in [6.07, 6.45) is 1.71. The number of aryl methyl sites for hydroxylation is 1. The molecule has 2 N–H and O–H groups in total. The maximum atomic E-state index is 13.7. The zero-order chi connectivity index (χ0) is 30.4. The molecular formula is C29H21BrClN5O5S2. The lowest BCUT2D eigenvalue weighted by atomic mass is 9.96. The zero-order valence-corrected chi connectivity index (χ0v) is 26.5. The first-order valence-electron chi connectivity index (χ1n) is 12.7. The Hall–Kier alpha value is -3.91. The van der Waals surface area contributed by atoms with Crippen molar-refractivity contribution in [3.63, 3.8) is 0 Å². The number of benzene rings is 2. The third-order valence-electron chi connectivity index (χ3n) is 6.84. The van der Waals surface area contributed by atoms with Crippen LogP contribution in [0.15, 0.2) is 75.2 Å². The zero-order valence-electron chi connectivity index (χ0n) is 22.5. The summed E-state index contributed by atoms with van der Waals surface area (Å²) in [4.78, 5) is 33.1. The van der Waals surface area contributed by atoms with E-state index in [0.717, 1.165) is 16.9 Å². The molecule has 0 aliphatic carbocycles. The number of hydrogen-bond donors (Lipinski definition) is 2. The van der Waals surface area contributed by atoms with E-state index in [1.54, 1.807) is 47.9 Å². The van der Waals surface area contributed by atoms with Gasteiger partial charge in [-0.1, -0.05) is 52.9 Å². The summed E-state index contributed by atoms with van der Waals surface area (Å²) >= 11 is 11.9. The highest BCUT2D eigenvalue weighted by molar-refractivity contribution is 9.10. The van der Waals surface area contributed by atoms with Gasteiger partial charge in [0.1, 0.15) is 11.3 Å². The summed E-state index contributed by atoms with van der Waals surface area (Å²) in [5.41, 5.74) is 2.56. The average Bonchev–Trinajstić information content (AvgIpc) is 3.67. The molecule has 10 nitrogen and oxygen atoms in total. The first-order valence-corrected chi connectivity index (χ1v) is 15.7. The molecule has 1 amide bonds. The van der Waals surface area contributed by atoms with Gasteiger partial charge in [-0.2, -0.15) is 0 Å². The van der Waals surface area contributed by atoms with Crippen molar-refractivity contribution >= 4 is 78.9 Å². The standard InChI is InChI=1S/C29H21BrClN5O5S2/c1-14-22(35-10-4-3-5-20(35)32-14)25(38)21-23(16-11-18(30)24(37)19(12-16)41-2)36(27(40)26(21)39)28-33-34-29(43-28)42-13-15-6-8-17(31)9-7-15/h3-12,23,37-38H,13H2,1-2H3/b25-21+. The molecule has 43 heavy (non-hydrogen) atoms. The topological polar surface area (TPSA) is 130 Å². The van der Waals surface area contributed by atoms with Crippen molar-refractivity contribution in [1.82, 2.24) is 19.6 Å². The van der Waals surface area contributed by atoms with Crippen LogP contribution in [-0.4, -0.2) is 48.6 Å². The molecule has 1 aliphatic rings. The molecule has 0 radical (unpaired) electrons. The number of Topliss-reactive ketones (excluding diaryl/α,β-unsaturated/α-hetero) is 1. The van der Waals surface area contributed by atoms with E-state index < -0.39 is 23.5 Å². The Balaban J connectivity index is 1.48. The van der Waals surface area contributed by atoms with Gasteiger partial charge in [-0.05, 0) is 70.4 Å². The Bertz CT molecular complexity index is 1940. The minimum atomic E-state index is -1.12. The molecule has 5 aromatic rings. The monoisotopic (exact) mass is 697 g/mol. The largest absolute Gasteiger partial charge is 0.505 e. The number of phenolic OH excluding ortho intramolecular Hbond substituents is 1. The molecule has 6 rings (SSSR count). The first-order chi connectivity index (χ1) is 20.7. The van der Waals surface area contributed by atoms with Gasteiger partial charge in [-0.15, -0.1) is 10.2 Å². The van der Waals surface area contributed by atoms with Crippen molar-refractivity contribution < 1.29 is 24.5 Å². The summed E-state index contributed by atoms with van der Waals surface area (Å²) < 4.78 is 7.85. The molecule has 4 heterocycles. The van der Waals surface area contributed by atoms with Crippen LogP contribution < -0.4 is 9.64 Å². The fraction of sp³-hybridized carbons (Fsp3) is 0.138. The number of carbonyl (C=O) groups excluding carboxylic acids is 2. The number of amides is 1. The fourth-order valence-electron chi connectivity index (χ4n) is 4.86. The maximum Gasteiger partial charge on any atom is 0.301 e. The second-order valence-corrected chi connectivity index (χ2v) is 12.9. The van der Waals surface area contributed by atoms with E-state index in [-0.39, 0.29) is 32.4 Å². The minimum Gasteiger partial charge on any atom is -0.505 e. The van der Waals surface area contributed by atoms with E-state index in [1.165, 1.54) is 29.8 Å². The SMILES string of the molecule is COc1cc(C2/C(=C(\O)c3c(C)nc4ccccn34)C(=O)C(=O)N2c2nnc(SCc3ccc(Cl)cc3)s2)cc(Br)c1O. The third-order valence-corrected chi connectivity index (χ3v) is 9.82. The molecule has 1 saturated heterocycles. The van der Waals surface area contributed by atoms with E-state index in [2.05, 4.69) is 31.1 Å². The molecule has 14 heteroatoms. The number of thioether (sulfide) groups is 1. The normalized spacial score (nSPS) is 16.4. The van der Waals surface area contributed by atoms with Crippen molar-refractivity contribution in [2.45, 2.75) is 23.1 Å². The number of fused-ring (bicyclic) bond motifs is 1. The van der Waals surface area contributed by atoms with Gasteiger partial charge in [0.15, 0.2) is 21.6 Å². The second kappa shape index (κ2) is 11.6. The number of rotatable bonds is 7. The van der Waals surface area contributed by atoms with Crippen LogP contribution in [0.2, 0.25) is 5.02 Å². The van der Waals surface area contributed by atoms with Gasteiger partial charge in [0.2, 0.25) is 5.13 Å². The van der Waals surface area contributed by atoms with Gasteiger partial charge in [-0.3, -0.25) is 18.9 Å². The van der Waals surface area contributed by atoms with E-state index in [4.69, 9.17) is 16.3 Å². The van der Waals surface area contributed by atoms with Crippen molar-refractivity contribution in [3.05, 3.63) is 98.4 Å². The van der Waals surface area contributed by atoms with Gasteiger partial charge < -0.3 is 14.9 Å². The Morgan fingerprint density at radius 1 is 1.16 bits per heavy atom. The number of methoxy groups -OCH3 is 1. The van der Waals surface area contributed by atoms with Crippen molar-refractivity contribution in [2.75, 3.05) is 12.0 Å². The highest BCUT2D eigenvalue weighted by atomic mass is 79.9. The van der Waals surface area contributed by atoms with Crippen molar-refractivity contribution in [2.24, 2.45) is 0 Å². The van der Waals surface area contributed by atoms with Crippen LogP contribution in [0.3, 0.4) is 0 Å². The molecule has 1 fully saturated rings. The number of aromatic nitrogens is 4. The number of aromatic hydroxyl groups is 1. The van der Waals surface area contributed by atoms with Crippen LogP contribution in [0.5, 0.6) is 11.5 Å². The number of pyridine rings is 1. The number of hydrogen-bond acceptors (Lipinski definition) is 10. The third kappa shape index (κ3) is 5.26. The maximum absolute atomic E-state index is 13.7. The number of phenols is 1. The van der Waals surface area contributed by atoms with Gasteiger partial charge >= 0.3 is 5.91 Å². The van der Waals surface area contributed by atoms with Crippen molar-refractivity contribution in [3.8, 4) is 11.5 Å². The highest BCUT2D eigenvalue weighted by Crippen LogP contribution is 2.47. The van der Waals surface area contributed by atoms with Crippen LogP contribution in [0.1, 0.15) is 28.6 Å². The Kier molecular flexibility index (Phi) is 7.90. The minimum absolute atomic E-state index is 0.109. The summed E-state index contributed by atoms with van der Waals surface area (Å²) in [6.45, 7) is 1.71. The molecule has 2 aromatic carbocycles. The van der Waals surface area contributed by atoms with Crippen molar-refractivity contribution in [1.29, 1.82) is 0 Å². The molecule has 1 unspecified atom stereocenters. The number of ketones is 1. The van der Waals surface area contributed by atoms with E-state index in [1.807, 2.05) is 18.2 Å². The number of halogens is 2. The van der Waals surface area contributed by atoms with Crippen LogP contribution >= 0.6 is 50.6 Å². The number of imidazole rings is 1. The lowest BCUT2D eigenvalue weighted by Gasteiger charge is -2.23. The molecule has 0 saturated carbocycles. The number of anilines is 1. The molecule has 3 aromatic heterocycles. The summed E-state index contributed by atoms with van der Waals surface area (Å²) in [7, 11) is 1.39. The molecule has 218 valence electrons. The summed E-state index contributed by atoms with van der Waals surface area (Å²) in [5, 5.41) is 31.5. The van der Waals surface area contributed by atoms with Gasteiger partial charge in [0.25, 0.3) is 5.78 Å². The van der Waals surface area contributed by atoms with Gasteiger partial charge in [0, 0.05) is 17.0 Å². The number of aliphatic hydroxyl groups is 1. The lowest BCUT2D eigenvalue weighted by molar-refractivity contribution is -0.132. The summed E-state index contributed by atoms with van der Waals surface area (Å²) in [5.74, 6) is -1.64. The van der Waals surface area contributed by atoms with E-state index >= 15 is 0 Å². The van der Waals surface area contributed by atoms with E-state index in [9.17, 15) is 19.8 Å². The Morgan fingerprint density at radius 3 is 2.67 bits per heavy atom. The molecule has 0 bridgehead atoms. The van der Waals surface area contributed by atoms with Crippen LogP contribution in [0.25, 0.3) is 11.4 Å². The first kappa shape index (κ1) is 29.2. The Morgan fingerprint density at radius 2 is 1.93 bits per heavy atom. The smallest absolute Gasteiger partial charge is 0.301 e. The van der Waals surface area contributed by atoms with E-state index in [0.29, 0.717) is 32.0 Å². The predicted molar refractivity (Wildman–Crippen MR) is 168 cm³/mol. The Labute approximate surface area is 266 Å². The second-order valence-electron chi connectivity index (χ2n) is 9.46. The number of nitrogens with zero attached hydrogens (tertiary/aromatic N) is 5. The quantitative estimate of drug-likeness (QED) is 0.0640. The lowest BCUT2D eigenvalue weighted by Crippen LogP contribution is -2.29. The van der Waals surface area contributed by atoms with Crippen LogP contribution in [-0.2, 0) is 15.3 Å². The predicted octanol–water partition coefficient (Wildman–Crippen LogP) is 6.54. The van der Waals surface area contributed by atoms with Gasteiger partial charge in [0.05, 0.1) is 28.9 Å². The molecular weight excluding hydrogens is 678 g/mol. The molecule has 1 atom stereocenters. The molecule has 1 aliphatic heterocycles. The molecule has 0 spiro atoms. The van der Waals surface area contributed by atoms with Gasteiger partial charge in [-0.25, -0.2) is 4.98 Å².